The summed E-state index contributed by atoms with van der Waals surface area (Å²) < 4.78 is 0.216. The van der Waals surface area contributed by atoms with E-state index in [1.54, 1.807) is 12.1 Å². The third-order valence-corrected chi connectivity index (χ3v) is 5.56. The number of anilines is 2. The van der Waals surface area contributed by atoms with Crippen LogP contribution in [0.4, 0.5) is 11.4 Å². The normalized spacial score (nSPS) is 11.6. The quantitative estimate of drug-likeness (QED) is 0.733. The molecular formula is C13H20Cl2N2S. The summed E-state index contributed by atoms with van der Waals surface area (Å²) in [6.45, 7) is 5.24. The Morgan fingerprint density at radius 2 is 1.72 bits per heavy atom. The van der Waals surface area contributed by atoms with Crippen LogP contribution >= 0.6 is 35.0 Å². The Bertz CT molecular complexity index is 375. The molecule has 0 bridgehead atoms. The molecule has 3 N–H and O–H groups in total. The van der Waals surface area contributed by atoms with Crippen LogP contribution in [-0.4, -0.2) is 17.5 Å². The Balaban J connectivity index is 2.86. The number of nitrogen functional groups attached to an aromatic ring is 1. The fourth-order valence-corrected chi connectivity index (χ4v) is 3.30. The molecule has 0 saturated heterocycles. The molecule has 0 fully saturated rings. The molecule has 0 aliphatic heterocycles. The minimum Gasteiger partial charge on any atom is -0.399 e. The van der Waals surface area contributed by atoms with Crippen molar-refractivity contribution >= 4 is 46.3 Å². The van der Waals surface area contributed by atoms with Gasteiger partial charge in [0.1, 0.15) is 0 Å². The van der Waals surface area contributed by atoms with Crippen LogP contribution in [0.15, 0.2) is 12.1 Å². The largest absolute Gasteiger partial charge is 0.399 e. The van der Waals surface area contributed by atoms with Crippen molar-refractivity contribution in [2.45, 2.75) is 31.4 Å². The number of thioether (sulfide) groups is 1. The molecule has 0 aliphatic carbocycles. The molecule has 18 heavy (non-hydrogen) atoms. The van der Waals surface area contributed by atoms with E-state index in [1.165, 1.54) is 0 Å². The highest BCUT2D eigenvalue weighted by Gasteiger charge is 2.25. The number of halogens is 2. The number of rotatable bonds is 6. The molecule has 0 radical (unpaired) electrons. The van der Waals surface area contributed by atoms with Crippen molar-refractivity contribution in [3.8, 4) is 0 Å². The molecular weight excluding hydrogens is 287 g/mol. The monoisotopic (exact) mass is 306 g/mol. The third kappa shape index (κ3) is 3.62. The zero-order valence-electron chi connectivity index (χ0n) is 11.0. The van der Waals surface area contributed by atoms with E-state index < -0.39 is 0 Å². The van der Waals surface area contributed by atoms with Gasteiger partial charge in [-0.3, -0.25) is 0 Å². The van der Waals surface area contributed by atoms with Crippen LogP contribution in [-0.2, 0) is 0 Å². The van der Waals surface area contributed by atoms with E-state index in [4.69, 9.17) is 28.9 Å². The van der Waals surface area contributed by atoms with Crippen molar-refractivity contribution in [3.05, 3.63) is 22.2 Å². The van der Waals surface area contributed by atoms with Gasteiger partial charge in [0, 0.05) is 17.0 Å². The third-order valence-electron chi connectivity index (χ3n) is 3.37. The zero-order chi connectivity index (χ0) is 13.8. The topological polar surface area (TPSA) is 38.0 Å². The van der Waals surface area contributed by atoms with Gasteiger partial charge in [0.2, 0.25) is 0 Å². The lowest BCUT2D eigenvalue weighted by Crippen LogP contribution is -2.32. The summed E-state index contributed by atoms with van der Waals surface area (Å²) in [7, 11) is 0. The highest BCUT2D eigenvalue weighted by atomic mass is 35.5. The lowest BCUT2D eigenvalue weighted by Gasteiger charge is -2.30. The van der Waals surface area contributed by atoms with Gasteiger partial charge in [0.15, 0.2) is 0 Å². The molecule has 0 aliphatic rings. The molecule has 1 aromatic rings. The van der Waals surface area contributed by atoms with E-state index in [-0.39, 0.29) is 4.75 Å². The molecule has 5 heteroatoms. The summed E-state index contributed by atoms with van der Waals surface area (Å²) in [5, 5.41) is 4.50. The van der Waals surface area contributed by atoms with Gasteiger partial charge < -0.3 is 11.1 Å². The van der Waals surface area contributed by atoms with Crippen LogP contribution in [0.25, 0.3) is 0 Å². The Morgan fingerprint density at radius 1 is 1.22 bits per heavy atom. The van der Waals surface area contributed by atoms with Gasteiger partial charge in [-0.15, -0.1) is 0 Å². The first-order valence-electron chi connectivity index (χ1n) is 6.01. The number of nitrogens with two attached hydrogens (primary N) is 1. The minimum atomic E-state index is 0.216. The van der Waals surface area contributed by atoms with Crippen LogP contribution in [0.5, 0.6) is 0 Å². The Hall–Kier alpha value is -0.250. The minimum absolute atomic E-state index is 0.216. The van der Waals surface area contributed by atoms with Crippen molar-refractivity contribution in [2.75, 3.05) is 23.9 Å². The number of benzene rings is 1. The van der Waals surface area contributed by atoms with Crippen molar-refractivity contribution in [2.24, 2.45) is 0 Å². The fraction of sp³-hybridized carbons (Fsp3) is 0.538. The first-order chi connectivity index (χ1) is 8.48. The highest BCUT2D eigenvalue weighted by Crippen LogP contribution is 2.36. The average Bonchev–Trinajstić information content (AvgIpc) is 2.33. The lowest BCUT2D eigenvalue weighted by atomic mass is 10.0. The maximum absolute atomic E-state index is 6.16. The van der Waals surface area contributed by atoms with E-state index >= 15 is 0 Å². The first kappa shape index (κ1) is 15.8. The van der Waals surface area contributed by atoms with Crippen molar-refractivity contribution in [3.63, 3.8) is 0 Å². The van der Waals surface area contributed by atoms with Gasteiger partial charge in [-0.05, 0) is 31.2 Å². The molecule has 102 valence electrons. The summed E-state index contributed by atoms with van der Waals surface area (Å²) in [5.74, 6) is 0. The molecule has 0 heterocycles. The maximum atomic E-state index is 6.16. The second-order valence-corrected chi connectivity index (χ2v) is 6.40. The van der Waals surface area contributed by atoms with Crippen molar-refractivity contribution < 1.29 is 0 Å². The van der Waals surface area contributed by atoms with E-state index in [9.17, 15) is 0 Å². The molecule has 0 atom stereocenters. The standard InChI is InChI=1S/C13H20Cl2N2S/c1-4-13(5-2,18-3)8-17-12-10(14)6-9(16)7-11(12)15/h6-7,17H,4-5,8,16H2,1-3H3. The van der Waals surface area contributed by atoms with E-state index in [2.05, 4.69) is 25.4 Å². The van der Waals surface area contributed by atoms with E-state index in [0.717, 1.165) is 25.1 Å². The molecule has 0 amide bonds. The van der Waals surface area contributed by atoms with Crippen molar-refractivity contribution in [1.29, 1.82) is 0 Å². The second-order valence-electron chi connectivity index (χ2n) is 4.31. The van der Waals surface area contributed by atoms with Gasteiger partial charge in [-0.2, -0.15) is 11.8 Å². The van der Waals surface area contributed by atoms with Crippen LogP contribution in [0.1, 0.15) is 26.7 Å². The van der Waals surface area contributed by atoms with Crippen LogP contribution < -0.4 is 11.1 Å². The van der Waals surface area contributed by atoms with E-state index in [1.807, 2.05) is 11.8 Å². The molecule has 0 saturated carbocycles. The molecule has 0 aromatic heterocycles. The first-order valence-corrected chi connectivity index (χ1v) is 7.99. The number of nitrogens with one attached hydrogen (secondary N) is 1. The van der Waals surface area contributed by atoms with Crippen LogP contribution in [0.3, 0.4) is 0 Å². The smallest absolute Gasteiger partial charge is 0.0720 e. The van der Waals surface area contributed by atoms with Crippen LogP contribution in [0, 0.1) is 0 Å². The molecule has 2 nitrogen and oxygen atoms in total. The summed E-state index contributed by atoms with van der Waals surface area (Å²) in [6.07, 6.45) is 4.34. The predicted octanol–water partition coefficient (Wildman–Crippen LogP) is 4.91. The van der Waals surface area contributed by atoms with Crippen molar-refractivity contribution in [1.82, 2.24) is 0 Å². The van der Waals surface area contributed by atoms with Gasteiger partial charge in [0.25, 0.3) is 0 Å². The molecule has 1 rings (SSSR count). The average molecular weight is 307 g/mol. The Kier molecular flexibility index (Phi) is 5.96. The summed E-state index contributed by atoms with van der Waals surface area (Å²) in [6, 6.07) is 3.43. The van der Waals surface area contributed by atoms with Crippen LogP contribution in [0.2, 0.25) is 10.0 Å². The number of hydrogen-bond acceptors (Lipinski definition) is 3. The van der Waals surface area contributed by atoms with Gasteiger partial charge in [-0.1, -0.05) is 37.0 Å². The lowest BCUT2D eigenvalue weighted by molar-refractivity contribution is 0.575. The van der Waals surface area contributed by atoms with Gasteiger partial charge >= 0.3 is 0 Å². The molecule has 0 spiro atoms. The van der Waals surface area contributed by atoms with E-state index in [0.29, 0.717) is 15.7 Å². The molecule has 0 unspecified atom stereocenters. The SMILES string of the molecule is CCC(CC)(CNc1c(Cl)cc(N)cc1Cl)SC. The highest BCUT2D eigenvalue weighted by molar-refractivity contribution is 8.00. The fourth-order valence-electron chi connectivity index (χ4n) is 1.87. The summed E-state index contributed by atoms with van der Waals surface area (Å²) in [4.78, 5) is 0. The van der Waals surface area contributed by atoms with Gasteiger partial charge in [-0.25, -0.2) is 0 Å². The Labute approximate surface area is 124 Å². The predicted molar refractivity (Wildman–Crippen MR) is 86.2 cm³/mol. The maximum Gasteiger partial charge on any atom is 0.0720 e. The zero-order valence-corrected chi connectivity index (χ0v) is 13.3. The Morgan fingerprint density at radius 3 is 2.11 bits per heavy atom. The summed E-state index contributed by atoms with van der Waals surface area (Å²) >= 11 is 14.2. The molecule has 1 aromatic carbocycles. The number of hydrogen-bond donors (Lipinski definition) is 2. The second kappa shape index (κ2) is 6.78. The van der Waals surface area contributed by atoms with Gasteiger partial charge in [0.05, 0.1) is 15.7 Å². The summed E-state index contributed by atoms with van der Waals surface area (Å²) in [5.41, 5.74) is 7.04.